The van der Waals surface area contributed by atoms with Crippen LogP contribution in [0.25, 0.3) is 11.4 Å². The third-order valence-electron chi connectivity index (χ3n) is 5.35. The van der Waals surface area contributed by atoms with E-state index in [9.17, 15) is 4.79 Å². The Bertz CT molecular complexity index is 979. The molecule has 1 fully saturated rings. The molecule has 1 amide bonds. The van der Waals surface area contributed by atoms with Crippen molar-refractivity contribution in [3.63, 3.8) is 0 Å². The number of amides is 1. The fourth-order valence-corrected chi connectivity index (χ4v) is 3.91. The minimum atomic E-state index is -0.0587. The van der Waals surface area contributed by atoms with Crippen molar-refractivity contribution in [1.82, 2.24) is 29.9 Å². The largest absolute Gasteiger partial charge is 0.370 e. The number of benzene rings is 1. The highest BCUT2D eigenvalue weighted by Crippen LogP contribution is 2.31. The molecule has 3 aromatic rings. The topological polar surface area (TPSA) is 88.9 Å². The van der Waals surface area contributed by atoms with E-state index >= 15 is 0 Å². The molecular weight excluding hydrogens is 344 g/mol. The average Bonchev–Trinajstić information content (AvgIpc) is 3.34. The van der Waals surface area contributed by atoms with Gasteiger partial charge in [0.25, 0.3) is 5.91 Å². The molecule has 2 aromatic heterocycles. The number of rotatable bonds is 2. The number of piperidine rings is 1. The summed E-state index contributed by atoms with van der Waals surface area (Å²) in [7, 11) is 0. The van der Waals surface area contributed by atoms with Crippen LogP contribution < -0.4 is 0 Å². The summed E-state index contributed by atoms with van der Waals surface area (Å²) in [6, 6.07) is 9.82. The van der Waals surface area contributed by atoms with Crippen LogP contribution in [0.3, 0.4) is 0 Å². The van der Waals surface area contributed by atoms with Crippen LogP contribution >= 0.6 is 0 Å². The number of imidazole rings is 1. The third kappa shape index (κ3) is 2.73. The number of nitrogens with one attached hydrogen (secondary N) is 1. The number of hydrogen-bond donors (Lipinski definition) is 1. The highest BCUT2D eigenvalue weighted by Gasteiger charge is 2.38. The molecule has 0 radical (unpaired) electrons. The van der Waals surface area contributed by atoms with Crippen molar-refractivity contribution in [2.45, 2.75) is 32.1 Å². The number of ether oxygens (including phenoxy) is 1. The first-order chi connectivity index (χ1) is 13.2. The van der Waals surface area contributed by atoms with Crippen LogP contribution in [0.5, 0.6) is 0 Å². The molecule has 8 nitrogen and oxygen atoms in total. The second-order valence-corrected chi connectivity index (χ2v) is 7.05. The molecule has 2 atom stereocenters. The fraction of sp³-hybridized carbons (Fsp3) is 0.368. The van der Waals surface area contributed by atoms with Crippen LogP contribution in [0.1, 0.15) is 34.3 Å². The predicted octanol–water partition coefficient (Wildman–Crippen LogP) is 1.96. The smallest absolute Gasteiger partial charge is 0.274 e. The number of carbonyl (C=O) groups is 1. The average molecular weight is 364 g/mol. The second kappa shape index (κ2) is 6.31. The lowest BCUT2D eigenvalue weighted by Gasteiger charge is -2.40. The quantitative estimate of drug-likeness (QED) is 0.751. The summed E-state index contributed by atoms with van der Waals surface area (Å²) >= 11 is 0. The highest BCUT2D eigenvalue weighted by molar-refractivity contribution is 5.94. The van der Waals surface area contributed by atoms with E-state index in [-0.39, 0.29) is 18.1 Å². The number of carbonyl (C=O) groups excluding carboxylic acids is 1. The number of H-pyrrole nitrogens is 1. The van der Waals surface area contributed by atoms with Gasteiger partial charge in [0, 0.05) is 24.3 Å². The maximum absolute atomic E-state index is 13.1. The van der Waals surface area contributed by atoms with E-state index in [0.29, 0.717) is 31.2 Å². The molecule has 1 saturated heterocycles. The van der Waals surface area contributed by atoms with E-state index in [0.717, 1.165) is 23.4 Å². The van der Waals surface area contributed by atoms with Gasteiger partial charge in [0.1, 0.15) is 11.5 Å². The van der Waals surface area contributed by atoms with Gasteiger partial charge in [-0.15, -0.1) is 5.10 Å². The summed E-state index contributed by atoms with van der Waals surface area (Å²) in [6.07, 6.45) is 2.58. The zero-order valence-corrected chi connectivity index (χ0v) is 15.0. The van der Waals surface area contributed by atoms with Gasteiger partial charge in [0.2, 0.25) is 0 Å². The molecule has 4 heterocycles. The summed E-state index contributed by atoms with van der Waals surface area (Å²) in [4.78, 5) is 22.8. The number of fused-ring (bicyclic) bond motifs is 3. The monoisotopic (exact) mass is 364 g/mol. The molecule has 8 heteroatoms. The normalized spacial score (nSPS) is 21.6. The minimum Gasteiger partial charge on any atom is -0.370 e. The van der Waals surface area contributed by atoms with Gasteiger partial charge in [-0.2, -0.15) is 0 Å². The van der Waals surface area contributed by atoms with E-state index in [2.05, 4.69) is 20.3 Å². The van der Waals surface area contributed by atoms with E-state index in [4.69, 9.17) is 4.74 Å². The van der Waals surface area contributed by atoms with Crippen LogP contribution in [0.4, 0.5) is 0 Å². The number of nitrogens with zero attached hydrogens (tertiary/aromatic N) is 5. The Morgan fingerprint density at radius 3 is 3.00 bits per heavy atom. The lowest BCUT2D eigenvalue weighted by atomic mass is 10.00. The molecular formula is C19H20N6O2. The molecule has 27 heavy (non-hydrogen) atoms. The third-order valence-corrected chi connectivity index (χ3v) is 5.35. The lowest BCUT2D eigenvalue weighted by molar-refractivity contribution is -0.0605. The zero-order valence-electron chi connectivity index (χ0n) is 15.0. The molecule has 0 aliphatic carbocycles. The van der Waals surface area contributed by atoms with Crippen LogP contribution in [0.15, 0.2) is 36.5 Å². The Morgan fingerprint density at radius 2 is 2.15 bits per heavy atom. The summed E-state index contributed by atoms with van der Waals surface area (Å²) in [5.41, 5.74) is 3.17. The van der Waals surface area contributed by atoms with Crippen molar-refractivity contribution in [2.75, 3.05) is 13.1 Å². The van der Waals surface area contributed by atoms with Gasteiger partial charge in [-0.05, 0) is 13.3 Å². The fourth-order valence-electron chi connectivity index (χ4n) is 3.91. The standard InChI is InChI=1S/C19H20N6O2/c1-12-17(22-18(21-12)13-5-3-2-4-6-13)19(26)24-8-7-16-15(10-24)25-14(11-27-16)9-20-23-25/h2-6,9,15-16H,7-8,10-11H2,1H3,(H,21,22)/t15-,16-/m1/s1. The second-order valence-electron chi connectivity index (χ2n) is 7.05. The number of hydrogen-bond acceptors (Lipinski definition) is 5. The number of aromatic amines is 1. The molecule has 2 aliphatic rings. The van der Waals surface area contributed by atoms with Crippen molar-refractivity contribution >= 4 is 5.91 Å². The zero-order chi connectivity index (χ0) is 18.4. The number of aryl methyl sites for hydroxylation is 1. The Kier molecular flexibility index (Phi) is 3.78. The van der Waals surface area contributed by atoms with Crippen LogP contribution in [0, 0.1) is 6.92 Å². The van der Waals surface area contributed by atoms with Gasteiger partial charge in [0.05, 0.1) is 30.6 Å². The van der Waals surface area contributed by atoms with Crippen molar-refractivity contribution in [3.05, 3.63) is 53.6 Å². The van der Waals surface area contributed by atoms with Crippen molar-refractivity contribution in [1.29, 1.82) is 0 Å². The van der Waals surface area contributed by atoms with Gasteiger partial charge in [-0.3, -0.25) is 4.79 Å². The summed E-state index contributed by atoms with van der Waals surface area (Å²) in [5.74, 6) is 0.655. The molecule has 1 N–H and O–H groups in total. The summed E-state index contributed by atoms with van der Waals surface area (Å²) in [6.45, 7) is 3.61. The maximum atomic E-state index is 13.1. The first-order valence-electron chi connectivity index (χ1n) is 9.12. The van der Waals surface area contributed by atoms with Crippen molar-refractivity contribution < 1.29 is 9.53 Å². The summed E-state index contributed by atoms with van der Waals surface area (Å²) in [5, 5.41) is 8.18. The van der Waals surface area contributed by atoms with E-state index in [1.54, 1.807) is 6.20 Å². The van der Waals surface area contributed by atoms with E-state index in [1.807, 2.05) is 46.8 Å². The molecule has 0 bridgehead atoms. The van der Waals surface area contributed by atoms with Crippen molar-refractivity contribution in [3.8, 4) is 11.4 Å². The Labute approximate surface area is 156 Å². The Balaban J connectivity index is 1.40. The van der Waals surface area contributed by atoms with E-state index < -0.39 is 0 Å². The minimum absolute atomic E-state index is 0.00166. The first kappa shape index (κ1) is 16.2. The van der Waals surface area contributed by atoms with Crippen molar-refractivity contribution in [2.24, 2.45) is 0 Å². The highest BCUT2D eigenvalue weighted by atomic mass is 16.5. The molecule has 138 valence electrons. The first-order valence-corrected chi connectivity index (χ1v) is 9.12. The molecule has 1 aromatic carbocycles. The maximum Gasteiger partial charge on any atom is 0.274 e. The van der Waals surface area contributed by atoms with Crippen LogP contribution in [-0.2, 0) is 11.3 Å². The SMILES string of the molecule is Cc1[nH]c(-c2ccccc2)nc1C(=O)N1CC[C@H]2OCc3cnnn3[C@@H]2C1. The van der Waals surface area contributed by atoms with Crippen LogP contribution in [0.2, 0.25) is 0 Å². The molecule has 0 saturated carbocycles. The molecule has 0 unspecified atom stereocenters. The molecule has 2 aliphatic heterocycles. The number of aromatic nitrogens is 5. The molecule has 5 rings (SSSR count). The molecule has 0 spiro atoms. The van der Waals surface area contributed by atoms with Crippen LogP contribution in [-0.4, -0.2) is 55.0 Å². The van der Waals surface area contributed by atoms with Gasteiger partial charge in [-0.25, -0.2) is 9.67 Å². The van der Waals surface area contributed by atoms with Gasteiger partial charge >= 0.3 is 0 Å². The van der Waals surface area contributed by atoms with Gasteiger partial charge in [0.15, 0.2) is 0 Å². The van der Waals surface area contributed by atoms with Gasteiger partial charge in [-0.1, -0.05) is 35.5 Å². The summed E-state index contributed by atoms with van der Waals surface area (Å²) < 4.78 is 7.83. The van der Waals surface area contributed by atoms with E-state index in [1.165, 1.54) is 0 Å². The Morgan fingerprint density at radius 1 is 1.30 bits per heavy atom. The lowest BCUT2D eigenvalue weighted by Crippen LogP contribution is -2.50. The van der Waals surface area contributed by atoms with Gasteiger partial charge < -0.3 is 14.6 Å². The number of likely N-dealkylation sites (tertiary alicyclic amines) is 1. The predicted molar refractivity (Wildman–Crippen MR) is 96.9 cm³/mol. The Hall–Kier alpha value is -3.00.